The molecule has 2 unspecified atom stereocenters. The number of carbonyl (C=O) groups excluding carboxylic acids is 4. The molecule has 3 aliphatic heterocycles. The topological polar surface area (TPSA) is 165 Å². The normalized spacial score (nSPS) is 19.5. The molecule has 4 aromatic rings. The zero-order valence-corrected chi connectivity index (χ0v) is 33.9. The first kappa shape index (κ1) is 39.4. The molecule has 7 rings (SSSR count). The molecule has 0 saturated carbocycles. The van der Waals surface area contributed by atoms with Crippen molar-refractivity contribution in [2.24, 2.45) is 16.8 Å². The van der Waals surface area contributed by atoms with Crippen LogP contribution in [0.4, 0.5) is 0 Å². The van der Waals surface area contributed by atoms with Crippen LogP contribution in [0.15, 0.2) is 53.2 Å². The highest BCUT2D eigenvalue weighted by atomic mass is 35.5. The van der Waals surface area contributed by atoms with Crippen molar-refractivity contribution in [3.05, 3.63) is 64.6 Å². The van der Waals surface area contributed by atoms with E-state index in [-0.39, 0.29) is 41.6 Å². The largest absolute Gasteiger partial charge is 0.387 e. The second-order valence-corrected chi connectivity index (χ2v) is 16.9. The summed E-state index contributed by atoms with van der Waals surface area (Å²) in [5.41, 5.74) is 5.68. The summed E-state index contributed by atoms with van der Waals surface area (Å²) >= 11 is 8.62. The molecule has 56 heavy (non-hydrogen) atoms. The smallest absolute Gasteiger partial charge is 0.246 e. The maximum absolute atomic E-state index is 13.6. The number of aliphatic hydroxyl groups excluding tert-OH is 1. The summed E-state index contributed by atoms with van der Waals surface area (Å²) in [7, 11) is 0. The Balaban J connectivity index is 1.04. The number of rotatable bonds is 12. The Morgan fingerprint density at radius 1 is 0.982 bits per heavy atom. The SMILES string of the molecule is CC(=O)N[C@H](C(=O)N1CCCC1C1=NC=C(c2csc3c2ccn3-c2ccc(-c3cnc(C4CCCN4C(=O)[C@@H](NC(=O)CO)C(C)C)[nH]3)cc2Cl)C1)C(C)C. The predicted octanol–water partition coefficient (Wildman–Crippen LogP) is 5.87. The number of aliphatic imine (C=N–C) groups is 1. The fourth-order valence-electron chi connectivity index (χ4n) is 8.21. The Morgan fingerprint density at radius 2 is 1.66 bits per heavy atom. The first-order valence-electron chi connectivity index (χ1n) is 19.3. The molecule has 4 atom stereocenters. The lowest BCUT2D eigenvalue weighted by Crippen LogP contribution is -2.53. The van der Waals surface area contributed by atoms with E-state index in [0.717, 1.165) is 69.7 Å². The minimum Gasteiger partial charge on any atom is -0.387 e. The fraction of sp³-hybridized carbons (Fsp3) is 0.463. The van der Waals surface area contributed by atoms with Crippen molar-refractivity contribution in [2.75, 3.05) is 19.7 Å². The van der Waals surface area contributed by atoms with Crippen molar-refractivity contribution in [2.45, 2.75) is 90.9 Å². The van der Waals surface area contributed by atoms with E-state index in [9.17, 15) is 24.3 Å². The molecule has 4 N–H and O–H groups in total. The van der Waals surface area contributed by atoms with Gasteiger partial charge < -0.3 is 35.1 Å². The fourth-order valence-corrected chi connectivity index (χ4v) is 9.57. The number of thiophene rings is 1. The molecule has 2 fully saturated rings. The van der Waals surface area contributed by atoms with Crippen LogP contribution in [0.3, 0.4) is 0 Å². The standard InChI is InChI=1S/C41H49ClN8O5S/c1-22(2)36(45-24(5)52)39(54)48-13-6-8-33(48)30-17-26(18-43-30)28-21-56-41-27(28)12-15-50(41)32-11-10-25(16-29(32)42)31-19-44-38(46-31)34-9-7-14-49(34)40(55)37(23(3)4)47-35(53)20-51/h10-12,15-16,18-19,21-23,33-34,36-37,51H,6-9,13-14,17,20H2,1-5H3,(H,44,46)(H,45,52)(H,47,53)/t33?,34?,36-,37-/m0/s1. The summed E-state index contributed by atoms with van der Waals surface area (Å²) in [6, 6.07) is 6.36. The number of nitrogens with zero attached hydrogens (tertiary/aromatic N) is 5. The zero-order chi connectivity index (χ0) is 39.8. The number of allylic oxidation sites excluding steroid dienone is 1. The van der Waals surface area contributed by atoms with Gasteiger partial charge in [-0.25, -0.2) is 4.98 Å². The van der Waals surface area contributed by atoms with E-state index in [2.05, 4.69) is 36.6 Å². The molecule has 0 spiro atoms. The molecule has 296 valence electrons. The highest BCUT2D eigenvalue weighted by Gasteiger charge is 2.39. The van der Waals surface area contributed by atoms with Crippen LogP contribution in [0.1, 0.15) is 84.2 Å². The molecule has 0 aliphatic carbocycles. The highest BCUT2D eigenvalue weighted by molar-refractivity contribution is 7.17. The number of likely N-dealkylation sites (tertiary alicyclic amines) is 2. The third-order valence-corrected chi connectivity index (χ3v) is 12.4. The molecule has 3 aliphatic rings. The van der Waals surface area contributed by atoms with Crippen LogP contribution < -0.4 is 10.6 Å². The van der Waals surface area contributed by atoms with Gasteiger partial charge in [0.25, 0.3) is 0 Å². The van der Waals surface area contributed by atoms with Crippen LogP contribution in [0.2, 0.25) is 5.02 Å². The van der Waals surface area contributed by atoms with Gasteiger partial charge in [0, 0.05) is 60.9 Å². The van der Waals surface area contributed by atoms with Gasteiger partial charge >= 0.3 is 0 Å². The Hall–Kier alpha value is -4.79. The molecule has 3 aromatic heterocycles. The number of fused-ring (bicyclic) bond motifs is 1. The van der Waals surface area contributed by atoms with Gasteiger partial charge in [0.1, 0.15) is 29.3 Å². The number of hydrogen-bond acceptors (Lipinski definition) is 8. The second kappa shape index (κ2) is 16.4. The molecule has 15 heteroatoms. The predicted molar refractivity (Wildman–Crippen MR) is 218 cm³/mol. The molecule has 6 heterocycles. The highest BCUT2D eigenvalue weighted by Crippen LogP contribution is 2.40. The summed E-state index contributed by atoms with van der Waals surface area (Å²) in [6.07, 6.45) is 9.68. The summed E-state index contributed by atoms with van der Waals surface area (Å²) < 4.78 is 2.10. The Kier molecular flexibility index (Phi) is 11.5. The third-order valence-electron chi connectivity index (χ3n) is 11.1. The van der Waals surface area contributed by atoms with Crippen LogP contribution in [-0.4, -0.2) is 96.6 Å². The van der Waals surface area contributed by atoms with Gasteiger partial charge in [0.2, 0.25) is 23.6 Å². The first-order chi connectivity index (χ1) is 26.9. The number of aromatic amines is 1. The zero-order valence-electron chi connectivity index (χ0n) is 32.3. The number of amides is 4. The first-order valence-corrected chi connectivity index (χ1v) is 20.6. The van der Waals surface area contributed by atoms with Gasteiger partial charge in [-0.1, -0.05) is 45.4 Å². The minimum absolute atomic E-state index is 0.0234. The van der Waals surface area contributed by atoms with Crippen molar-refractivity contribution < 1.29 is 24.3 Å². The number of halogens is 1. The lowest BCUT2D eigenvalue weighted by molar-refractivity contribution is -0.139. The monoisotopic (exact) mass is 800 g/mol. The van der Waals surface area contributed by atoms with Crippen LogP contribution in [-0.2, 0) is 19.2 Å². The van der Waals surface area contributed by atoms with Gasteiger partial charge in [0.15, 0.2) is 0 Å². The number of aliphatic hydroxyl groups is 1. The van der Waals surface area contributed by atoms with Crippen molar-refractivity contribution in [3.63, 3.8) is 0 Å². The third kappa shape index (κ3) is 7.66. The van der Waals surface area contributed by atoms with Crippen molar-refractivity contribution >= 4 is 68.1 Å². The molecular weight excluding hydrogens is 752 g/mol. The average Bonchev–Trinajstić information content (AvgIpc) is 4.01. The number of hydrogen-bond donors (Lipinski definition) is 4. The van der Waals surface area contributed by atoms with Crippen molar-refractivity contribution in [3.8, 4) is 16.9 Å². The van der Waals surface area contributed by atoms with Gasteiger partial charge in [-0.2, -0.15) is 0 Å². The number of carbonyl (C=O) groups is 4. The molecule has 0 radical (unpaired) electrons. The van der Waals surface area contributed by atoms with Crippen molar-refractivity contribution in [1.29, 1.82) is 0 Å². The maximum atomic E-state index is 13.6. The lowest BCUT2D eigenvalue weighted by atomic mass is 9.97. The van der Waals surface area contributed by atoms with E-state index in [0.29, 0.717) is 30.4 Å². The Labute approximate surface area is 335 Å². The van der Waals surface area contributed by atoms with Crippen LogP contribution in [0.5, 0.6) is 0 Å². The molecule has 0 bridgehead atoms. The van der Waals surface area contributed by atoms with Gasteiger partial charge in [0.05, 0.1) is 34.7 Å². The minimum atomic E-state index is -0.739. The molecule has 1 aromatic carbocycles. The Bertz CT molecular complexity index is 2220. The molecule has 4 amide bonds. The van der Waals surface area contributed by atoms with Crippen LogP contribution >= 0.6 is 22.9 Å². The molecule has 13 nitrogen and oxygen atoms in total. The van der Waals surface area contributed by atoms with Gasteiger partial charge in [-0.3, -0.25) is 24.2 Å². The summed E-state index contributed by atoms with van der Waals surface area (Å²) in [6.45, 7) is 9.63. The van der Waals surface area contributed by atoms with E-state index in [4.69, 9.17) is 16.6 Å². The van der Waals surface area contributed by atoms with E-state index in [1.807, 2.05) is 63.2 Å². The summed E-state index contributed by atoms with van der Waals surface area (Å²) in [4.78, 5) is 68.6. The number of nitrogens with one attached hydrogen (secondary N) is 3. The van der Waals surface area contributed by atoms with Crippen LogP contribution in [0, 0.1) is 11.8 Å². The second-order valence-electron chi connectivity index (χ2n) is 15.6. The van der Waals surface area contributed by atoms with Gasteiger partial charge in [-0.15, -0.1) is 11.3 Å². The van der Waals surface area contributed by atoms with E-state index >= 15 is 0 Å². The van der Waals surface area contributed by atoms with E-state index in [1.54, 1.807) is 22.4 Å². The summed E-state index contributed by atoms with van der Waals surface area (Å²) in [5, 5.41) is 18.6. The van der Waals surface area contributed by atoms with Crippen molar-refractivity contribution in [1.82, 2.24) is 35.0 Å². The molecule has 2 saturated heterocycles. The van der Waals surface area contributed by atoms with Gasteiger partial charge in [-0.05, 0) is 66.9 Å². The van der Waals surface area contributed by atoms with E-state index in [1.165, 1.54) is 6.92 Å². The number of benzene rings is 1. The number of H-pyrrole nitrogens is 1. The molecular formula is C41H49ClN8O5S. The maximum Gasteiger partial charge on any atom is 0.246 e. The summed E-state index contributed by atoms with van der Waals surface area (Å²) in [5.74, 6) is -0.518. The average molecular weight is 801 g/mol. The van der Waals surface area contributed by atoms with E-state index < -0.39 is 24.6 Å². The Morgan fingerprint density at radius 3 is 2.32 bits per heavy atom. The number of imidazole rings is 1. The number of aromatic nitrogens is 3. The quantitative estimate of drug-likeness (QED) is 0.140. The lowest BCUT2D eigenvalue weighted by Gasteiger charge is -2.31. The van der Waals surface area contributed by atoms with Crippen LogP contribution in [0.25, 0.3) is 32.7 Å².